The Morgan fingerprint density at radius 3 is 2.00 bits per heavy atom. The van der Waals surface area contributed by atoms with Crippen LogP contribution in [0.1, 0.15) is 21.5 Å². The summed E-state index contributed by atoms with van der Waals surface area (Å²) in [6, 6.07) is 2.72. The van der Waals surface area contributed by atoms with E-state index >= 15 is 0 Å². The number of benzene rings is 2. The topological polar surface area (TPSA) is 92.4 Å². The number of urea groups is 1. The summed E-state index contributed by atoms with van der Waals surface area (Å²) >= 11 is 0. The molecule has 0 aromatic heterocycles. The van der Waals surface area contributed by atoms with Gasteiger partial charge in [0.1, 0.15) is 0 Å². The Morgan fingerprint density at radius 2 is 1.52 bits per heavy atom. The van der Waals surface area contributed by atoms with Crippen molar-refractivity contribution in [1.29, 1.82) is 0 Å². The van der Waals surface area contributed by atoms with Gasteiger partial charge in [-0.2, -0.15) is 26.3 Å². The second-order valence-electron chi connectivity index (χ2n) is 5.28. The van der Waals surface area contributed by atoms with Crippen molar-refractivity contribution in [3.63, 3.8) is 0 Å². The average molecular weight is 392 g/mol. The van der Waals surface area contributed by atoms with Gasteiger partial charge in [-0.15, -0.1) is 0 Å². The number of carbonyl (C=O) groups is 2. The van der Waals surface area contributed by atoms with Crippen LogP contribution in [0.25, 0.3) is 11.1 Å². The van der Waals surface area contributed by atoms with Crippen molar-refractivity contribution in [3.05, 3.63) is 53.1 Å². The number of alkyl halides is 6. The zero-order valence-electron chi connectivity index (χ0n) is 13.1. The van der Waals surface area contributed by atoms with Crippen LogP contribution in [-0.2, 0) is 12.4 Å². The van der Waals surface area contributed by atoms with Crippen LogP contribution in [0.5, 0.6) is 0 Å². The molecular formula is C16H10F6N2O3. The first-order valence-electron chi connectivity index (χ1n) is 7.04. The Hall–Kier alpha value is -3.24. The molecule has 0 unspecified atom stereocenters. The highest BCUT2D eigenvalue weighted by Crippen LogP contribution is 2.42. The van der Waals surface area contributed by atoms with Crippen molar-refractivity contribution in [1.82, 2.24) is 0 Å². The summed E-state index contributed by atoms with van der Waals surface area (Å²) in [6.45, 7) is 0. The first-order chi connectivity index (χ1) is 12.3. The van der Waals surface area contributed by atoms with E-state index in [0.717, 1.165) is 18.2 Å². The third-order valence-electron chi connectivity index (χ3n) is 3.46. The number of carboxylic acids is 1. The lowest BCUT2D eigenvalue weighted by atomic mass is 9.92. The van der Waals surface area contributed by atoms with Crippen molar-refractivity contribution in [2.45, 2.75) is 12.4 Å². The molecule has 11 heteroatoms. The normalized spacial score (nSPS) is 11.9. The Kier molecular flexibility index (Phi) is 5.07. The van der Waals surface area contributed by atoms with Gasteiger partial charge in [0.15, 0.2) is 0 Å². The molecule has 4 N–H and O–H groups in total. The lowest BCUT2D eigenvalue weighted by molar-refractivity contribution is -0.137. The molecule has 0 atom stereocenters. The highest BCUT2D eigenvalue weighted by molar-refractivity contribution is 6.05. The summed E-state index contributed by atoms with van der Waals surface area (Å²) < 4.78 is 79.2. The van der Waals surface area contributed by atoms with E-state index in [1.54, 1.807) is 5.32 Å². The molecule has 0 saturated heterocycles. The van der Waals surface area contributed by atoms with Crippen LogP contribution in [0.4, 0.5) is 36.8 Å². The van der Waals surface area contributed by atoms with Gasteiger partial charge >= 0.3 is 24.4 Å². The number of rotatable bonds is 3. The maximum absolute atomic E-state index is 13.3. The van der Waals surface area contributed by atoms with E-state index < -0.39 is 57.9 Å². The van der Waals surface area contributed by atoms with E-state index in [1.165, 1.54) is 0 Å². The summed E-state index contributed by atoms with van der Waals surface area (Å²) in [5.41, 5.74) is -1.45. The van der Waals surface area contributed by atoms with Crippen molar-refractivity contribution >= 4 is 17.7 Å². The predicted octanol–water partition coefficient (Wildman–Crippen LogP) is 4.58. The third kappa shape index (κ3) is 4.30. The smallest absolute Gasteiger partial charge is 0.417 e. The number of nitrogens with two attached hydrogens (primary N) is 1. The van der Waals surface area contributed by atoms with Gasteiger partial charge in [-0.25, -0.2) is 9.59 Å². The van der Waals surface area contributed by atoms with Gasteiger partial charge in [0, 0.05) is 0 Å². The van der Waals surface area contributed by atoms with E-state index in [1.807, 2.05) is 0 Å². The molecule has 0 aliphatic heterocycles. The quantitative estimate of drug-likeness (QED) is 0.668. The number of primary amides is 1. The number of halogens is 6. The van der Waals surface area contributed by atoms with Crippen LogP contribution in [0.15, 0.2) is 36.4 Å². The monoisotopic (exact) mass is 392 g/mol. The standard InChI is InChI=1S/C16H10F6N2O3/c17-15(18,19)7-5-9(8-3-1-2-4-10(8)16(20,21)22)12(13(25)26)11(6-7)24-14(23)27/h1-6H,(H,25,26)(H3,23,24,27). The molecule has 5 nitrogen and oxygen atoms in total. The second-order valence-corrected chi connectivity index (χ2v) is 5.28. The average Bonchev–Trinajstić information content (AvgIpc) is 2.51. The molecule has 0 heterocycles. The number of hydrogen-bond donors (Lipinski definition) is 3. The van der Waals surface area contributed by atoms with Crippen molar-refractivity contribution in [2.75, 3.05) is 5.32 Å². The number of anilines is 1. The maximum atomic E-state index is 13.3. The van der Waals surface area contributed by atoms with Crippen molar-refractivity contribution < 1.29 is 41.0 Å². The number of carboxylic acid groups (broad SMARTS) is 1. The number of amides is 2. The van der Waals surface area contributed by atoms with E-state index in [4.69, 9.17) is 5.73 Å². The summed E-state index contributed by atoms with van der Waals surface area (Å²) in [5, 5.41) is 11.1. The fourth-order valence-electron chi connectivity index (χ4n) is 2.45. The zero-order valence-corrected chi connectivity index (χ0v) is 13.1. The summed E-state index contributed by atoms with van der Waals surface area (Å²) in [6.07, 6.45) is -9.98. The molecule has 2 aromatic rings. The summed E-state index contributed by atoms with van der Waals surface area (Å²) in [4.78, 5) is 22.6. The molecule has 0 bridgehead atoms. The Balaban J connectivity index is 2.94. The van der Waals surface area contributed by atoms with E-state index in [2.05, 4.69) is 0 Å². The minimum absolute atomic E-state index is 0.278. The number of carbonyl (C=O) groups excluding carboxylic acids is 1. The Bertz CT molecular complexity index is 906. The minimum Gasteiger partial charge on any atom is -0.478 e. The van der Waals surface area contributed by atoms with Crippen LogP contribution in [-0.4, -0.2) is 17.1 Å². The molecule has 0 spiro atoms. The maximum Gasteiger partial charge on any atom is 0.417 e. The lowest BCUT2D eigenvalue weighted by Gasteiger charge is -2.19. The fourth-order valence-corrected chi connectivity index (χ4v) is 2.45. The number of aromatic carboxylic acids is 1. The van der Waals surface area contributed by atoms with Gasteiger partial charge in [-0.1, -0.05) is 18.2 Å². The highest BCUT2D eigenvalue weighted by atomic mass is 19.4. The fraction of sp³-hybridized carbons (Fsp3) is 0.125. The molecule has 2 amide bonds. The first kappa shape index (κ1) is 20.1. The Morgan fingerprint density at radius 1 is 0.926 bits per heavy atom. The molecule has 2 aromatic carbocycles. The van der Waals surface area contributed by atoms with Gasteiger partial charge in [0.05, 0.1) is 22.4 Å². The minimum atomic E-state index is -5.02. The molecule has 0 fully saturated rings. The van der Waals surface area contributed by atoms with Crippen LogP contribution in [0.3, 0.4) is 0 Å². The highest BCUT2D eigenvalue weighted by Gasteiger charge is 2.37. The molecular weight excluding hydrogens is 382 g/mol. The van der Waals surface area contributed by atoms with Gasteiger partial charge in [0.25, 0.3) is 0 Å². The molecule has 0 saturated carbocycles. The molecule has 27 heavy (non-hydrogen) atoms. The zero-order chi connectivity index (χ0) is 20.6. The van der Waals surface area contributed by atoms with Crippen molar-refractivity contribution in [3.8, 4) is 11.1 Å². The van der Waals surface area contributed by atoms with Gasteiger partial charge in [-0.05, 0) is 29.3 Å². The summed E-state index contributed by atoms with van der Waals surface area (Å²) in [7, 11) is 0. The van der Waals surface area contributed by atoms with Crippen LogP contribution in [0, 0.1) is 0 Å². The SMILES string of the molecule is NC(=O)Nc1cc(C(F)(F)F)cc(-c2ccccc2C(F)(F)F)c1C(=O)O. The van der Waals surface area contributed by atoms with E-state index in [0.29, 0.717) is 6.07 Å². The van der Waals surface area contributed by atoms with E-state index in [-0.39, 0.29) is 12.1 Å². The Labute approximate surface area is 147 Å². The van der Waals surface area contributed by atoms with Crippen LogP contribution >= 0.6 is 0 Å². The second kappa shape index (κ2) is 6.82. The molecule has 0 radical (unpaired) electrons. The molecule has 0 aliphatic rings. The predicted molar refractivity (Wildman–Crippen MR) is 82.0 cm³/mol. The van der Waals surface area contributed by atoms with Gasteiger partial charge in [0.2, 0.25) is 0 Å². The first-order valence-corrected chi connectivity index (χ1v) is 7.04. The van der Waals surface area contributed by atoms with Crippen LogP contribution in [0.2, 0.25) is 0 Å². The van der Waals surface area contributed by atoms with E-state index in [9.17, 15) is 41.0 Å². The lowest BCUT2D eigenvalue weighted by Crippen LogP contribution is -2.22. The molecule has 0 aliphatic carbocycles. The van der Waals surface area contributed by atoms with Crippen molar-refractivity contribution in [2.24, 2.45) is 5.73 Å². The summed E-state index contributed by atoms with van der Waals surface area (Å²) in [5.74, 6) is -1.85. The number of hydrogen-bond acceptors (Lipinski definition) is 2. The van der Waals surface area contributed by atoms with Crippen LogP contribution < -0.4 is 11.1 Å². The third-order valence-corrected chi connectivity index (χ3v) is 3.46. The number of nitrogens with one attached hydrogen (secondary N) is 1. The van der Waals surface area contributed by atoms with Gasteiger partial charge < -0.3 is 16.2 Å². The largest absolute Gasteiger partial charge is 0.478 e. The molecule has 2 rings (SSSR count). The van der Waals surface area contributed by atoms with Gasteiger partial charge in [-0.3, -0.25) is 0 Å². The molecule has 144 valence electrons.